The number of aryl methyl sites for hydroxylation is 1. The Morgan fingerprint density at radius 1 is 1.56 bits per heavy atom. The number of hydrogen-bond acceptors (Lipinski definition) is 3. The lowest BCUT2D eigenvalue weighted by Gasteiger charge is -2.11. The van der Waals surface area contributed by atoms with Gasteiger partial charge in [-0.15, -0.1) is 0 Å². The number of benzene rings is 1. The van der Waals surface area contributed by atoms with Crippen LogP contribution in [-0.4, -0.2) is 32.7 Å². The Hall–Kier alpha value is -1.55. The molecule has 0 radical (unpaired) electrons. The number of amides is 1. The maximum absolute atomic E-state index is 12.0. The zero-order valence-electron chi connectivity index (χ0n) is 11.0. The van der Waals surface area contributed by atoms with Crippen LogP contribution in [0.15, 0.2) is 18.2 Å². The minimum Gasteiger partial charge on any atom is -0.496 e. The van der Waals surface area contributed by atoms with Gasteiger partial charge in [-0.1, -0.05) is 0 Å². The van der Waals surface area contributed by atoms with E-state index in [4.69, 9.17) is 4.74 Å². The van der Waals surface area contributed by atoms with E-state index in [1.54, 1.807) is 13.2 Å². The number of carbonyl (C=O) groups excluding carboxylic acids is 1. The van der Waals surface area contributed by atoms with Gasteiger partial charge >= 0.3 is 0 Å². The molecule has 1 amide bonds. The van der Waals surface area contributed by atoms with Crippen LogP contribution in [-0.2, 0) is 0 Å². The molecule has 98 valence electrons. The molecule has 2 N–H and O–H groups in total. The van der Waals surface area contributed by atoms with Crippen LogP contribution in [0.25, 0.3) is 0 Å². The quantitative estimate of drug-likeness (QED) is 0.845. The van der Waals surface area contributed by atoms with Gasteiger partial charge in [-0.2, -0.15) is 0 Å². The molecule has 1 fully saturated rings. The molecule has 0 aromatic heterocycles. The Morgan fingerprint density at radius 3 is 3.00 bits per heavy atom. The predicted octanol–water partition coefficient (Wildman–Crippen LogP) is 1.34. The average molecular weight is 248 g/mol. The molecule has 4 heteroatoms. The Balaban J connectivity index is 1.93. The summed E-state index contributed by atoms with van der Waals surface area (Å²) in [6.45, 7) is 4.75. The Kier molecular flexibility index (Phi) is 4.20. The third kappa shape index (κ3) is 3.01. The van der Waals surface area contributed by atoms with Crippen molar-refractivity contribution in [2.24, 2.45) is 5.92 Å². The molecule has 1 heterocycles. The lowest BCUT2D eigenvalue weighted by Crippen LogP contribution is -2.30. The first-order valence-corrected chi connectivity index (χ1v) is 6.34. The van der Waals surface area contributed by atoms with Crippen molar-refractivity contribution in [3.63, 3.8) is 0 Å². The maximum atomic E-state index is 12.0. The van der Waals surface area contributed by atoms with Crippen LogP contribution in [0.4, 0.5) is 0 Å². The molecule has 1 aromatic carbocycles. The van der Waals surface area contributed by atoms with Crippen LogP contribution in [0.1, 0.15) is 22.3 Å². The first-order chi connectivity index (χ1) is 8.70. The van der Waals surface area contributed by atoms with Crippen LogP contribution >= 0.6 is 0 Å². The van der Waals surface area contributed by atoms with Crippen molar-refractivity contribution in [2.75, 3.05) is 26.7 Å². The van der Waals surface area contributed by atoms with Crippen molar-refractivity contribution in [2.45, 2.75) is 13.3 Å². The third-order valence-corrected chi connectivity index (χ3v) is 3.37. The fourth-order valence-electron chi connectivity index (χ4n) is 2.25. The van der Waals surface area contributed by atoms with Gasteiger partial charge in [0.25, 0.3) is 5.91 Å². The van der Waals surface area contributed by atoms with Gasteiger partial charge in [-0.05, 0) is 56.1 Å². The van der Waals surface area contributed by atoms with E-state index < -0.39 is 0 Å². The summed E-state index contributed by atoms with van der Waals surface area (Å²) in [5.41, 5.74) is 1.67. The number of rotatable bonds is 4. The largest absolute Gasteiger partial charge is 0.496 e. The van der Waals surface area contributed by atoms with E-state index in [1.165, 1.54) is 0 Å². The van der Waals surface area contributed by atoms with Crippen LogP contribution < -0.4 is 15.4 Å². The van der Waals surface area contributed by atoms with Crippen molar-refractivity contribution in [1.29, 1.82) is 0 Å². The molecular formula is C14H20N2O2. The summed E-state index contributed by atoms with van der Waals surface area (Å²) in [4.78, 5) is 12.0. The minimum atomic E-state index is -0.00680. The number of nitrogens with one attached hydrogen (secondary N) is 2. The Labute approximate surface area is 108 Å². The smallest absolute Gasteiger partial charge is 0.251 e. The van der Waals surface area contributed by atoms with Crippen LogP contribution in [0.2, 0.25) is 0 Å². The molecule has 1 saturated heterocycles. The van der Waals surface area contributed by atoms with Crippen molar-refractivity contribution in [3.8, 4) is 5.75 Å². The van der Waals surface area contributed by atoms with Crippen molar-refractivity contribution in [3.05, 3.63) is 29.3 Å². The first-order valence-electron chi connectivity index (χ1n) is 6.34. The summed E-state index contributed by atoms with van der Waals surface area (Å²) in [5.74, 6) is 1.37. The second-order valence-corrected chi connectivity index (χ2v) is 4.75. The summed E-state index contributed by atoms with van der Waals surface area (Å²) in [6, 6.07) is 5.50. The Morgan fingerprint density at radius 2 is 2.39 bits per heavy atom. The van der Waals surface area contributed by atoms with Gasteiger partial charge < -0.3 is 15.4 Å². The van der Waals surface area contributed by atoms with Gasteiger partial charge in [0.15, 0.2) is 0 Å². The van der Waals surface area contributed by atoms with Crippen molar-refractivity contribution < 1.29 is 9.53 Å². The van der Waals surface area contributed by atoms with Gasteiger partial charge in [0.05, 0.1) is 7.11 Å². The van der Waals surface area contributed by atoms with Gasteiger partial charge in [0, 0.05) is 12.1 Å². The van der Waals surface area contributed by atoms with Crippen molar-refractivity contribution >= 4 is 5.91 Å². The van der Waals surface area contributed by atoms with E-state index in [0.29, 0.717) is 11.5 Å². The zero-order chi connectivity index (χ0) is 13.0. The fraction of sp³-hybridized carbons (Fsp3) is 0.500. The lowest BCUT2D eigenvalue weighted by molar-refractivity contribution is 0.0948. The second kappa shape index (κ2) is 5.87. The summed E-state index contributed by atoms with van der Waals surface area (Å²) < 4.78 is 5.18. The number of hydrogen-bond donors (Lipinski definition) is 2. The topological polar surface area (TPSA) is 50.4 Å². The molecule has 0 saturated carbocycles. The molecule has 1 unspecified atom stereocenters. The fourth-order valence-corrected chi connectivity index (χ4v) is 2.25. The second-order valence-electron chi connectivity index (χ2n) is 4.75. The van der Waals surface area contributed by atoms with E-state index in [2.05, 4.69) is 10.6 Å². The highest BCUT2D eigenvalue weighted by Crippen LogP contribution is 2.18. The highest BCUT2D eigenvalue weighted by Gasteiger charge is 2.15. The molecule has 18 heavy (non-hydrogen) atoms. The lowest BCUT2D eigenvalue weighted by atomic mass is 10.1. The van der Waals surface area contributed by atoms with E-state index in [0.717, 1.165) is 37.4 Å². The molecule has 2 rings (SSSR count). The number of methoxy groups -OCH3 is 1. The third-order valence-electron chi connectivity index (χ3n) is 3.37. The van der Waals surface area contributed by atoms with Gasteiger partial charge in [-0.25, -0.2) is 0 Å². The van der Waals surface area contributed by atoms with Crippen molar-refractivity contribution in [1.82, 2.24) is 10.6 Å². The van der Waals surface area contributed by atoms with Gasteiger partial charge in [0.2, 0.25) is 0 Å². The van der Waals surface area contributed by atoms with E-state index >= 15 is 0 Å². The van der Waals surface area contributed by atoms with Gasteiger partial charge in [-0.3, -0.25) is 4.79 Å². The number of ether oxygens (including phenoxy) is 1. The molecular weight excluding hydrogens is 228 g/mol. The first kappa shape index (κ1) is 12.9. The molecule has 0 aliphatic carbocycles. The molecule has 0 bridgehead atoms. The summed E-state index contributed by atoms with van der Waals surface area (Å²) in [6.07, 6.45) is 1.14. The zero-order valence-corrected chi connectivity index (χ0v) is 11.0. The highest BCUT2D eigenvalue weighted by molar-refractivity contribution is 5.94. The SMILES string of the molecule is COc1ccc(C(=O)NCC2CCNC2)cc1C. The normalized spacial score (nSPS) is 18.7. The molecule has 4 nitrogen and oxygen atoms in total. The summed E-state index contributed by atoms with van der Waals surface area (Å²) in [5, 5.41) is 6.28. The van der Waals surface area contributed by atoms with Crippen LogP contribution in [0.5, 0.6) is 5.75 Å². The van der Waals surface area contributed by atoms with Crippen LogP contribution in [0, 0.1) is 12.8 Å². The summed E-state index contributed by atoms with van der Waals surface area (Å²) >= 11 is 0. The molecule has 1 aliphatic heterocycles. The van der Waals surface area contributed by atoms with E-state index in [9.17, 15) is 4.79 Å². The van der Waals surface area contributed by atoms with Crippen LogP contribution in [0.3, 0.4) is 0 Å². The summed E-state index contributed by atoms with van der Waals surface area (Å²) in [7, 11) is 1.63. The molecule has 0 spiro atoms. The average Bonchev–Trinajstić information content (AvgIpc) is 2.89. The van der Waals surface area contributed by atoms with Gasteiger partial charge in [0.1, 0.15) is 5.75 Å². The highest BCUT2D eigenvalue weighted by atomic mass is 16.5. The van der Waals surface area contributed by atoms with E-state index in [-0.39, 0.29) is 5.91 Å². The van der Waals surface area contributed by atoms with E-state index in [1.807, 2.05) is 19.1 Å². The standard InChI is InChI=1S/C14H20N2O2/c1-10-7-12(3-4-13(10)18-2)14(17)16-9-11-5-6-15-8-11/h3-4,7,11,15H,5-6,8-9H2,1-2H3,(H,16,17). The molecule has 1 aromatic rings. The number of carbonyl (C=O) groups is 1. The Bertz CT molecular complexity index is 426. The molecule has 1 atom stereocenters. The minimum absolute atomic E-state index is 0.00680. The maximum Gasteiger partial charge on any atom is 0.251 e. The molecule has 1 aliphatic rings. The predicted molar refractivity (Wildman–Crippen MR) is 71.0 cm³/mol. The monoisotopic (exact) mass is 248 g/mol.